The smallest absolute Gasteiger partial charge is 0.234 e. The Morgan fingerprint density at radius 1 is 1.54 bits per heavy atom. The van der Waals surface area contributed by atoms with Crippen molar-refractivity contribution in [2.45, 2.75) is 19.4 Å². The van der Waals surface area contributed by atoms with E-state index in [9.17, 15) is 4.79 Å². The van der Waals surface area contributed by atoms with Gasteiger partial charge in [-0.05, 0) is 19.1 Å². The van der Waals surface area contributed by atoms with Gasteiger partial charge in [0.15, 0.2) is 0 Å². The summed E-state index contributed by atoms with van der Waals surface area (Å²) in [4.78, 5) is 10.6. The topological polar surface area (TPSA) is 94.9 Å². The van der Waals surface area contributed by atoms with Crippen molar-refractivity contribution in [2.75, 3.05) is 0 Å². The number of aryl methyl sites for hydroxylation is 1. The predicted molar refractivity (Wildman–Crippen MR) is 47.6 cm³/mol. The predicted octanol–water partition coefficient (Wildman–Crippen LogP) is -0.860. The highest BCUT2D eigenvalue weighted by Crippen LogP contribution is 1.97. The first-order valence-corrected chi connectivity index (χ1v) is 3.93. The molecule has 5 heteroatoms. The summed E-state index contributed by atoms with van der Waals surface area (Å²) in [6.45, 7) is 1.84. The third-order valence-corrected chi connectivity index (χ3v) is 1.65. The summed E-state index contributed by atoms with van der Waals surface area (Å²) in [5, 5.41) is 7.70. The molecule has 1 atom stereocenters. The molecule has 1 unspecified atom stereocenters. The molecule has 0 aliphatic rings. The van der Waals surface area contributed by atoms with Gasteiger partial charge >= 0.3 is 0 Å². The maximum absolute atomic E-state index is 10.6. The molecule has 1 rings (SSSR count). The number of nitrogens with two attached hydrogens (primary N) is 2. The summed E-state index contributed by atoms with van der Waals surface area (Å²) in [5.74, 6) is -0.526. The normalized spacial score (nSPS) is 12.5. The van der Waals surface area contributed by atoms with Crippen molar-refractivity contribution in [3.63, 3.8) is 0 Å². The molecule has 13 heavy (non-hydrogen) atoms. The Kier molecular flexibility index (Phi) is 2.92. The van der Waals surface area contributed by atoms with Crippen LogP contribution in [0.5, 0.6) is 0 Å². The van der Waals surface area contributed by atoms with Crippen LogP contribution in [-0.4, -0.2) is 22.1 Å². The van der Waals surface area contributed by atoms with Crippen molar-refractivity contribution in [1.82, 2.24) is 10.2 Å². The van der Waals surface area contributed by atoms with E-state index in [-0.39, 0.29) is 0 Å². The molecule has 1 aromatic heterocycles. The largest absolute Gasteiger partial charge is 0.368 e. The molecular weight excluding hydrogens is 168 g/mol. The minimum Gasteiger partial charge on any atom is -0.368 e. The lowest BCUT2D eigenvalue weighted by atomic mass is 10.1. The van der Waals surface area contributed by atoms with Gasteiger partial charge in [-0.25, -0.2) is 0 Å². The second kappa shape index (κ2) is 3.95. The molecular formula is C8H12N4O. The van der Waals surface area contributed by atoms with Crippen molar-refractivity contribution in [1.29, 1.82) is 0 Å². The average Bonchev–Trinajstić information content (AvgIpc) is 2.08. The Bertz CT molecular complexity index is 296. The molecule has 0 saturated carbocycles. The fraction of sp³-hybridized carbons (Fsp3) is 0.375. The van der Waals surface area contributed by atoms with Crippen LogP contribution in [0, 0.1) is 6.92 Å². The van der Waals surface area contributed by atoms with Crippen molar-refractivity contribution in [3.8, 4) is 0 Å². The van der Waals surface area contributed by atoms with Gasteiger partial charge < -0.3 is 11.5 Å². The third kappa shape index (κ3) is 2.79. The number of carbonyl (C=O) groups is 1. The van der Waals surface area contributed by atoms with E-state index in [4.69, 9.17) is 11.5 Å². The van der Waals surface area contributed by atoms with Gasteiger partial charge in [-0.1, -0.05) is 0 Å². The maximum Gasteiger partial charge on any atom is 0.234 e. The number of carbonyl (C=O) groups excluding carboxylic acids is 1. The molecule has 70 valence electrons. The first kappa shape index (κ1) is 9.60. The molecule has 0 fully saturated rings. The second-order valence-corrected chi connectivity index (χ2v) is 2.88. The van der Waals surface area contributed by atoms with E-state index in [0.29, 0.717) is 12.1 Å². The van der Waals surface area contributed by atoms with E-state index in [1.807, 2.05) is 13.0 Å². The van der Waals surface area contributed by atoms with Crippen molar-refractivity contribution < 1.29 is 4.79 Å². The molecule has 1 heterocycles. The van der Waals surface area contributed by atoms with Gasteiger partial charge in [0, 0.05) is 6.42 Å². The van der Waals surface area contributed by atoms with E-state index in [1.54, 1.807) is 6.07 Å². The first-order chi connectivity index (χ1) is 6.09. The summed E-state index contributed by atoms with van der Waals surface area (Å²) < 4.78 is 0. The van der Waals surface area contributed by atoms with E-state index in [1.165, 1.54) is 0 Å². The zero-order valence-electron chi connectivity index (χ0n) is 7.40. The van der Waals surface area contributed by atoms with Gasteiger partial charge in [0.2, 0.25) is 5.91 Å². The molecule has 1 amide bonds. The summed E-state index contributed by atoms with van der Waals surface area (Å²) in [6, 6.07) is 2.92. The van der Waals surface area contributed by atoms with Crippen molar-refractivity contribution >= 4 is 5.91 Å². The van der Waals surface area contributed by atoms with Crippen LogP contribution in [0.4, 0.5) is 0 Å². The molecule has 0 radical (unpaired) electrons. The van der Waals surface area contributed by atoms with E-state index >= 15 is 0 Å². The average molecular weight is 180 g/mol. The highest BCUT2D eigenvalue weighted by atomic mass is 16.1. The summed E-state index contributed by atoms with van der Waals surface area (Å²) >= 11 is 0. The minimum atomic E-state index is -0.683. The number of aromatic nitrogens is 2. The van der Waals surface area contributed by atoms with Crippen LogP contribution in [0.1, 0.15) is 11.4 Å². The molecule has 0 bridgehead atoms. The fourth-order valence-electron chi connectivity index (χ4n) is 0.861. The van der Waals surface area contributed by atoms with Gasteiger partial charge in [-0.15, -0.1) is 0 Å². The Balaban J connectivity index is 2.64. The standard InChI is InChI=1S/C8H12N4O/c1-5-2-3-6(12-11-5)4-7(9)8(10)13/h2-3,7H,4,9H2,1H3,(H2,10,13). The minimum absolute atomic E-state index is 0.336. The van der Waals surface area contributed by atoms with Crippen molar-refractivity contribution in [2.24, 2.45) is 11.5 Å². The van der Waals surface area contributed by atoms with Crippen LogP contribution >= 0.6 is 0 Å². The number of rotatable bonds is 3. The zero-order valence-corrected chi connectivity index (χ0v) is 7.40. The molecule has 1 aromatic rings. The van der Waals surface area contributed by atoms with E-state index in [2.05, 4.69) is 10.2 Å². The molecule has 4 N–H and O–H groups in total. The number of hydrogen-bond acceptors (Lipinski definition) is 4. The quantitative estimate of drug-likeness (QED) is 0.632. The number of nitrogens with zero attached hydrogens (tertiary/aromatic N) is 2. The van der Waals surface area contributed by atoms with Crippen LogP contribution in [-0.2, 0) is 11.2 Å². The number of hydrogen-bond donors (Lipinski definition) is 2. The van der Waals surface area contributed by atoms with Crippen LogP contribution in [0.15, 0.2) is 12.1 Å². The monoisotopic (exact) mass is 180 g/mol. The maximum atomic E-state index is 10.6. The molecule has 5 nitrogen and oxygen atoms in total. The lowest BCUT2D eigenvalue weighted by Crippen LogP contribution is -2.38. The number of amides is 1. The van der Waals surface area contributed by atoms with Gasteiger partial charge in [-0.2, -0.15) is 10.2 Å². The Labute approximate surface area is 76.1 Å². The zero-order chi connectivity index (χ0) is 9.84. The van der Waals surface area contributed by atoms with Crippen molar-refractivity contribution in [3.05, 3.63) is 23.5 Å². The summed E-state index contributed by atoms with van der Waals surface area (Å²) in [5.41, 5.74) is 12.0. The van der Waals surface area contributed by atoms with Gasteiger partial charge in [0.1, 0.15) is 0 Å². The highest BCUT2D eigenvalue weighted by molar-refractivity contribution is 5.79. The molecule has 0 spiro atoms. The van der Waals surface area contributed by atoms with Gasteiger partial charge in [0.25, 0.3) is 0 Å². The van der Waals surface area contributed by atoms with Gasteiger partial charge in [-0.3, -0.25) is 4.79 Å². The fourth-order valence-corrected chi connectivity index (χ4v) is 0.861. The van der Waals surface area contributed by atoms with Crippen LogP contribution in [0.2, 0.25) is 0 Å². The number of primary amides is 1. The molecule has 0 aliphatic carbocycles. The van der Waals surface area contributed by atoms with Crippen LogP contribution in [0.25, 0.3) is 0 Å². The molecule has 0 aliphatic heterocycles. The van der Waals surface area contributed by atoms with E-state index < -0.39 is 11.9 Å². The van der Waals surface area contributed by atoms with Crippen LogP contribution < -0.4 is 11.5 Å². The van der Waals surface area contributed by atoms with E-state index in [0.717, 1.165) is 5.69 Å². The highest BCUT2D eigenvalue weighted by Gasteiger charge is 2.10. The lowest BCUT2D eigenvalue weighted by Gasteiger charge is -2.05. The lowest BCUT2D eigenvalue weighted by molar-refractivity contribution is -0.119. The SMILES string of the molecule is Cc1ccc(CC(N)C(N)=O)nn1. The van der Waals surface area contributed by atoms with Gasteiger partial charge in [0.05, 0.1) is 17.4 Å². The first-order valence-electron chi connectivity index (χ1n) is 3.93. The Morgan fingerprint density at radius 2 is 2.23 bits per heavy atom. The Hall–Kier alpha value is -1.49. The third-order valence-electron chi connectivity index (χ3n) is 1.65. The summed E-state index contributed by atoms with van der Waals surface area (Å²) in [7, 11) is 0. The molecule has 0 saturated heterocycles. The van der Waals surface area contributed by atoms with Crippen LogP contribution in [0.3, 0.4) is 0 Å². The Morgan fingerprint density at radius 3 is 2.69 bits per heavy atom. The summed E-state index contributed by atoms with van der Waals surface area (Å²) in [6.07, 6.45) is 0.336. The molecule has 0 aromatic carbocycles. The second-order valence-electron chi connectivity index (χ2n) is 2.88.